The van der Waals surface area contributed by atoms with E-state index in [-0.39, 0.29) is 0 Å². The van der Waals surface area contributed by atoms with Crippen LogP contribution in [0, 0.1) is 0 Å². The third kappa shape index (κ3) is 3.52. The third-order valence-corrected chi connectivity index (χ3v) is 10.9. The van der Waals surface area contributed by atoms with Gasteiger partial charge in [-0.15, -0.1) is 11.3 Å². The Bertz CT molecular complexity index is 2460. The van der Waals surface area contributed by atoms with Crippen LogP contribution >= 0.6 is 11.3 Å². The molecule has 0 amide bonds. The molecule has 1 aliphatic carbocycles. The average Bonchev–Trinajstić information content (AvgIpc) is 3.64. The van der Waals surface area contributed by atoms with Crippen molar-refractivity contribution in [3.05, 3.63) is 180 Å². The average molecular weight is 606 g/mol. The van der Waals surface area contributed by atoms with Gasteiger partial charge in [0.2, 0.25) is 0 Å². The number of benzene rings is 7. The fraction of sp³-hybridized carbons (Fsp3) is 0.0233. The van der Waals surface area contributed by atoms with Crippen LogP contribution in [0.3, 0.4) is 0 Å². The fourth-order valence-corrected chi connectivity index (χ4v) is 8.98. The second kappa shape index (κ2) is 9.68. The molecule has 0 fully saturated rings. The molecule has 46 heavy (non-hydrogen) atoms. The largest absolute Gasteiger partial charge is 0.457 e. The SMILES string of the molecule is c1cc(Nc2cccc3sc4ccccc4c23)cc(-c2ccc3c(c2)C2(c4ccccc4O3)c3ccccc3-c3ccccc32)c1. The Morgan fingerprint density at radius 3 is 1.98 bits per heavy atom. The summed E-state index contributed by atoms with van der Waals surface area (Å²) in [6.07, 6.45) is 0. The van der Waals surface area contributed by atoms with Crippen molar-refractivity contribution >= 4 is 42.9 Å². The molecule has 2 heterocycles. The van der Waals surface area contributed by atoms with Crippen LogP contribution in [-0.2, 0) is 5.41 Å². The van der Waals surface area contributed by atoms with Crippen molar-refractivity contribution < 1.29 is 4.74 Å². The van der Waals surface area contributed by atoms with Gasteiger partial charge in [-0.2, -0.15) is 0 Å². The van der Waals surface area contributed by atoms with Crippen molar-refractivity contribution in [2.45, 2.75) is 5.41 Å². The molecular formula is C43H27NOS. The highest BCUT2D eigenvalue weighted by Gasteiger charge is 2.50. The highest BCUT2D eigenvalue weighted by Crippen LogP contribution is 2.62. The van der Waals surface area contributed by atoms with E-state index >= 15 is 0 Å². The van der Waals surface area contributed by atoms with Gasteiger partial charge in [0.15, 0.2) is 0 Å². The number of thiophene rings is 1. The molecule has 0 atom stereocenters. The normalized spacial score (nSPS) is 13.6. The van der Waals surface area contributed by atoms with E-state index in [1.54, 1.807) is 0 Å². The predicted octanol–water partition coefficient (Wildman–Crippen LogP) is 11.9. The quantitative estimate of drug-likeness (QED) is 0.216. The van der Waals surface area contributed by atoms with Crippen LogP contribution in [0.5, 0.6) is 11.5 Å². The second-order valence-electron chi connectivity index (χ2n) is 12.1. The molecule has 1 aromatic heterocycles. The summed E-state index contributed by atoms with van der Waals surface area (Å²) in [7, 11) is 0. The van der Waals surface area contributed by atoms with Crippen molar-refractivity contribution in [3.63, 3.8) is 0 Å². The molecule has 2 nitrogen and oxygen atoms in total. The van der Waals surface area contributed by atoms with Gasteiger partial charge < -0.3 is 10.1 Å². The summed E-state index contributed by atoms with van der Waals surface area (Å²) in [6, 6.07) is 57.0. The molecule has 0 unspecified atom stereocenters. The molecule has 0 bridgehead atoms. The predicted molar refractivity (Wildman–Crippen MR) is 192 cm³/mol. The Morgan fingerprint density at radius 1 is 0.478 bits per heavy atom. The maximum Gasteiger partial charge on any atom is 0.132 e. The highest BCUT2D eigenvalue weighted by atomic mass is 32.1. The van der Waals surface area contributed by atoms with E-state index in [1.165, 1.54) is 53.6 Å². The lowest BCUT2D eigenvalue weighted by Gasteiger charge is -2.39. The zero-order valence-electron chi connectivity index (χ0n) is 24.8. The Morgan fingerprint density at radius 2 is 1.13 bits per heavy atom. The summed E-state index contributed by atoms with van der Waals surface area (Å²) < 4.78 is 9.24. The van der Waals surface area contributed by atoms with Gasteiger partial charge in [-0.05, 0) is 81.9 Å². The molecule has 216 valence electrons. The second-order valence-corrected chi connectivity index (χ2v) is 13.2. The first kappa shape index (κ1) is 25.7. The number of fused-ring (bicyclic) bond motifs is 12. The minimum atomic E-state index is -0.473. The maximum atomic E-state index is 6.64. The van der Waals surface area contributed by atoms with E-state index in [9.17, 15) is 0 Å². The van der Waals surface area contributed by atoms with E-state index in [4.69, 9.17) is 4.74 Å². The van der Waals surface area contributed by atoms with Crippen LogP contribution in [0.4, 0.5) is 11.4 Å². The number of hydrogen-bond donors (Lipinski definition) is 1. The summed E-state index contributed by atoms with van der Waals surface area (Å²) in [4.78, 5) is 0. The van der Waals surface area contributed by atoms with E-state index in [1.807, 2.05) is 11.3 Å². The van der Waals surface area contributed by atoms with Gasteiger partial charge in [0.05, 0.1) is 5.41 Å². The van der Waals surface area contributed by atoms with E-state index in [2.05, 4.69) is 163 Å². The Kier molecular flexibility index (Phi) is 5.40. The van der Waals surface area contributed by atoms with Crippen LogP contribution in [0.2, 0.25) is 0 Å². The van der Waals surface area contributed by atoms with Crippen molar-refractivity contribution in [2.24, 2.45) is 0 Å². The first-order valence-electron chi connectivity index (χ1n) is 15.7. The minimum absolute atomic E-state index is 0.473. The van der Waals surface area contributed by atoms with Gasteiger partial charge in [-0.1, -0.05) is 109 Å². The molecule has 1 spiro atoms. The van der Waals surface area contributed by atoms with Gasteiger partial charge in [0, 0.05) is 42.7 Å². The van der Waals surface area contributed by atoms with Crippen molar-refractivity contribution in [2.75, 3.05) is 5.32 Å². The summed E-state index contributed by atoms with van der Waals surface area (Å²) in [5, 5.41) is 6.33. The number of nitrogens with one attached hydrogen (secondary N) is 1. The zero-order valence-corrected chi connectivity index (χ0v) is 25.6. The van der Waals surface area contributed by atoms with E-state index in [0.29, 0.717) is 0 Å². The Hall–Kier alpha value is -5.64. The highest BCUT2D eigenvalue weighted by molar-refractivity contribution is 7.26. The van der Waals surface area contributed by atoms with Crippen molar-refractivity contribution in [3.8, 4) is 33.8 Å². The summed E-state index contributed by atoms with van der Waals surface area (Å²) in [6.45, 7) is 0. The summed E-state index contributed by atoms with van der Waals surface area (Å²) in [5.41, 5.74) is 11.6. The van der Waals surface area contributed by atoms with Gasteiger partial charge in [-0.25, -0.2) is 0 Å². The Labute approximate surface area is 271 Å². The number of hydrogen-bond acceptors (Lipinski definition) is 3. The fourth-order valence-electron chi connectivity index (χ4n) is 7.85. The van der Waals surface area contributed by atoms with Crippen LogP contribution in [0.15, 0.2) is 158 Å². The van der Waals surface area contributed by atoms with Gasteiger partial charge in [0.1, 0.15) is 11.5 Å². The molecule has 1 N–H and O–H groups in total. The maximum absolute atomic E-state index is 6.64. The topological polar surface area (TPSA) is 21.3 Å². The molecule has 10 rings (SSSR count). The third-order valence-electron chi connectivity index (χ3n) is 9.72. The monoisotopic (exact) mass is 605 g/mol. The number of rotatable bonds is 3. The number of para-hydroxylation sites is 1. The molecule has 0 radical (unpaired) electrons. The van der Waals surface area contributed by atoms with Crippen LogP contribution < -0.4 is 10.1 Å². The van der Waals surface area contributed by atoms with Crippen molar-refractivity contribution in [1.82, 2.24) is 0 Å². The van der Waals surface area contributed by atoms with Crippen molar-refractivity contribution in [1.29, 1.82) is 0 Å². The van der Waals surface area contributed by atoms with Gasteiger partial charge >= 0.3 is 0 Å². The van der Waals surface area contributed by atoms with Crippen LogP contribution in [0.25, 0.3) is 42.4 Å². The molecule has 2 aliphatic rings. The minimum Gasteiger partial charge on any atom is -0.457 e. The zero-order chi connectivity index (χ0) is 30.2. The lowest BCUT2D eigenvalue weighted by Crippen LogP contribution is -2.32. The molecule has 8 aromatic rings. The van der Waals surface area contributed by atoms with Gasteiger partial charge in [-0.3, -0.25) is 0 Å². The standard InChI is InChI=1S/C43H27NOS/c1-4-16-33-30(13-1)31-14-2-5-17-34(31)43(33)35-18-6-7-20-38(35)45-39-24-23-28(26-36(39)43)27-11-9-12-29(25-27)44-37-19-10-22-41-42(37)32-15-3-8-21-40(32)46-41/h1-26,44H. The first-order valence-corrected chi connectivity index (χ1v) is 16.5. The molecule has 3 heteroatoms. The molecular weight excluding hydrogens is 579 g/mol. The molecule has 0 saturated heterocycles. The lowest BCUT2D eigenvalue weighted by molar-refractivity contribution is 0.436. The number of ether oxygens (including phenoxy) is 1. The summed E-state index contributed by atoms with van der Waals surface area (Å²) >= 11 is 1.84. The van der Waals surface area contributed by atoms with E-state index in [0.717, 1.165) is 34.0 Å². The summed E-state index contributed by atoms with van der Waals surface area (Å²) in [5.74, 6) is 1.81. The number of anilines is 2. The smallest absolute Gasteiger partial charge is 0.132 e. The van der Waals surface area contributed by atoms with Crippen LogP contribution in [-0.4, -0.2) is 0 Å². The first-order chi connectivity index (χ1) is 22.8. The molecule has 0 saturated carbocycles. The molecule has 7 aromatic carbocycles. The van der Waals surface area contributed by atoms with E-state index < -0.39 is 5.41 Å². The Balaban J connectivity index is 1.14. The van der Waals surface area contributed by atoms with Gasteiger partial charge in [0.25, 0.3) is 0 Å². The lowest BCUT2D eigenvalue weighted by atomic mass is 9.66. The van der Waals surface area contributed by atoms with Crippen LogP contribution in [0.1, 0.15) is 22.3 Å². The molecule has 1 aliphatic heterocycles.